The quantitative estimate of drug-likeness (QED) is 0.691. The SMILES string of the molecule is CN1CCN(C(=O)c2c(Cl)cc(NC3CN(C4CCN(C=O)CC4)C3)cc2Cl)CC1. The monoisotopic (exact) mass is 453 g/mol. The Bertz CT molecular complexity index is 763. The number of hydrogen-bond donors (Lipinski definition) is 1. The van der Waals surface area contributed by atoms with Gasteiger partial charge >= 0.3 is 0 Å². The number of piperazine rings is 1. The van der Waals surface area contributed by atoms with E-state index < -0.39 is 0 Å². The van der Waals surface area contributed by atoms with Gasteiger partial charge in [-0.1, -0.05) is 23.2 Å². The maximum atomic E-state index is 12.9. The van der Waals surface area contributed by atoms with Crippen LogP contribution in [-0.4, -0.2) is 103 Å². The Balaban J connectivity index is 1.32. The van der Waals surface area contributed by atoms with E-state index in [4.69, 9.17) is 23.2 Å². The van der Waals surface area contributed by atoms with Crippen LogP contribution in [0.3, 0.4) is 0 Å². The number of carbonyl (C=O) groups is 2. The first-order chi connectivity index (χ1) is 14.4. The molecule has 3 aliphatic heterocycles. The summed E-state index contributed by atoms with van der Waals surface area (Å²) in [5.74, 6) is -0.0962. The van der Waals surface area contributed by atoms with Crippen LogP contribution in [0, 0.1) is 0 Å². The van der Waals surface area contributed by atoms with Crippen molar-refractivity contribution in [2.24, 2.45) is 0 Å². The van der Waals surface area contributed by atoms with Gasteiger partial charge in [-0.15, -0.1) is 0 Å². The van der Waals surface area contributed by atoms with Crippen LogP contribution >= 0.6 is 23.2 Å². The molecule has 9 heteroatoms. The third-order valence-electron chi connectivity index (χ3n) is 6.49. The minimum absolute atomic E-state index is 0.0962. The molecule has 3 aliphatic rings. The highest BCUT2D eigenvalue weighted by atomic mass is 35.5. The lowest BCUT2D eigenvalue weighted by Crippen LogP contribution is -2.60. The van der Waals surface area contributed by atoms with E-state index in [1.54, 1.807) is 0 Å². The molecule has 2 amide bonds. The number of piperidine rings is 1. The molecule has 1 N–H and O–H groups in total. The van der Waals surface area contributed by atoms with E-state index in [1.165, 1.54) is 0 Å². The van der Waals surface area contributed by atoms with Crippen LogP contribution < -0.4 is 5.32 Å². The summed E-state index contributed by atoms with van der Waals surface area (Å²) in [5.41, 5.74) is 1.24. The molecule has 0 saturated carbocycles. The molecule has 164 valence electrons. The van der Waals surface area contributed by atoms with Crippen LogP contribution in [0.1, 0.15) is 23.2 Å². The predicted molar refractivity (Wildman–Crippen MR) is 120 cm³/mol. The van der Waals surface area contributed by atoms with Crippen molar-refractivity contribution in [3.63, 3.8) is 0 Å². The summed E-state index contributed by atoms with van der Waals surface area (Å²) >= 11 is 12.9. The van der Waals surface area contributed by atoms with Gasteiger partial charge in [-0.3, -0.25) is 14.5 Å². The average Bonchev–Trinajstić information content (AvgIpc) is 2.70. The van der Waals surface area contributed by atoms with Crippen molar-refractivity contribution in [2.45, 2.75) is 24.9 Å². The normalized spacial score (nSPS) is 22.1. The highest BCUT2D eigenvalue weighted by molar-refractivity contribution is 6.40. The van der Waals surface area contributed by atoms with E-state index in [1.807, 2.05) is 21.9 Å². The fourth-order valence-corrected chi connectivity index (χ4v) is 5.17. The van der Waals surface area contributed by atoms with Gasteiger partial charge in [0.25, 0.3) is 5.91 Å². The maximum Gasteiger partial charge on any atom is 0.256 e. The largest absolute Gasteiger partial charge is 0.380 e. The molecule has 0 atom stereocenters. The molecule has 0 bridgehead atoms. The summed E-state index contributed by atoms with van der Waals surface area (Å²) in [7, 11) is 2.05. The van der Waals surface area contributed by atoms with Gasteiger partial charge in [0.05, 0.1) is 21.7 Å². The molecule has 30 heavy (non-hydrogen) atoms. The molecule has 0 spiro atoms. The number of amides is 2. The number of likely N-dealkylation sites (N-methyl/N-ethyl adjacent to an activating group) is 1. The molecule has 3 heterocycles. The summed E-state index contributed by atoms with van der Waals surface area (Å²) in [5, 5.41) is 4.28. The zero-order valence-corrected chi connectivity index (χ0v) is 18.8. The van der Waals surface area contributed by atoms with Crippen molar-refractivity contribution in [2.75, 3.05) is 64.7 Å². The van der Waals surface area contributed by atoms with Gasteiger partial charge in [0, 0.05) is 64.1 Å². The minimum Gasteiger partial charge on any atom is -0.380 e. The van der Waals surface area contributed by atoms with E-state index in [2.05, 4.69) is 22.2 Å². The highest BCUT2D eigenvalue weighted by Crippen LogP contribution is 2.32. The Morgan fingerprint density at radius 3 is 2.20 bits per heavy atom. The van der Waals surface area contributed by atoms with Gasteiger partial charge in [0.15, 0.2) is 0 Å². The second-order valence-electron chi connectivity index (χ2n) is 8.58. The molecule has 0 aliphatic carbocycles. The van der Waals surface area contributed by atoms with Gasteiger partial charge in [0.1, 0.15) is 0 Å². The minimum atomic E-state index is -0.0962. The third kappa shape index (κ3) is 4.69. The summed E-state index contributed by atoms with van der Waals surface area (Å²) in [4.78, 5) is 32.1. The first-order valence-corrected chi connectivity index (χ1v) is 11.4. The van der Waals surface area contributed by atoms with Crippen molar-refractivity contribution in [1.82, 2.24) is 19.6 Å². The highest BCUT2D eigenvalue weighted by Gasteiger charge is 2.34. The van der Waals surface area contributed by atoms with Crippen molar-refractivity contribution >= 4 is 41.2 Å². The number of likely N-dealkylation sites (tertiary alicyclic amines) is 2. The standard InChI is InChI=1S/C21H29Cl2N5O2/c1-25-6-8-27(9-7-25)21(30)20-18(22)10-15(11-19(20)23)24-16-12-28(13-16)17-2-4-26(14-29)5-3-17/h10-11,14,16-17,24H,2-9,12-13H2,1H3. The molecule has 1 aromatic carbocycles. The number of carbonyl (C=O) groups excluding carboxylic acids is 2. The number of rotatable bonds is 5. The first-order valence-electron chi connectivity index (χ1n) is 10.6. The zero-order valence-electron chi connectivity index (χ0n) is 17.3. The number of nitrogens with one attached hydrogen (secondary N) is 1. The second kappa shape index (κ2) is 9.30. The van der Waals surface area contributed by atoms with Gasteiger partial charge in [-0.2, -0.15) is 0 Å². The van der Waals surface area contributed by atoms with Gasteiger partial charge in [-0.05, 0) is 32.0 Å². The Labute approximate surface area is 187 Å². The van der Waals surface area contributed by atoms with Gasteiger partial charge in [-0.25, -0.2) is 0 Å². The van der Waals surface area contributed by atoms with Crippen LogP contribution in [0.15, 0.2) is 12.1 Å². The molecule has 0 radical (unpaired) electrons. The van der Waals surface area contributed by atoms with E-state index >= 15 is 0 Å². The molecular formula is C21H29Cl2N5O2. The van der Waals surface area contributed by atoms with Gasteiger partial charge < -0.3 is 20.0 Å². The Kier molecular flexibility index (Phi) is 6.72. The molecular weight excluding hydrogens is 425 g/mol. The molecule has 7 nitrogen and oxygen atoms in total. The van der Waals surface area contributed by atoms with Crippen LogP contribution in [0.5, 0.6) is 0 Å². The van der Waals surface area contributed by atoms with E-state index in [-0.39, 0.29) is 5.91 Å². The van der Waals surface area contributed by atoms with Crippen LogP contribution in [0.2, 0.25) is 10.0 Å². The van der Waals surface area contributed by atoms with Crippen LogP contribution in [0.25, 0.3) is 0 Å². The molecule has 0 aromatic heterocycles. The molecule has 0 unspecified atom stereocenters. The van der Waals surface area contributed by atoms with E-state index in [0.717, 1.165) is 64.2 Å². The predicted octanol–water partition coefficient (Wildman–Crippen LogP) is 2.10. The lowest BCUT2D eigenvalue weighted by atomic mass is 9.97. The van der Waals surface area contributed by atoms with E-state index in [9.17, 15) is 9.59 Å². The zero-order chi connectivity index (χ0) is 21.3. The number of benzene rings is 1. The second-order valence-corrected chi connectivity index (χ2v) is 9.39. The number of hydrogen-bond acceptors (Lipinski definition) is 5. The van der Waals surface area contributed by atoms with Crippen molar-refractivity contribution in [3.05, 3.63) is 27.7 Å². The summed E-state index contributed by atoms with van der Waals surface area (Å²) in [6.45, 7) is 6.69. The molecule has 3 saturated heterocycles. The number of halogens is 2. The van der Waals surface area contributed by atoms with Gasteiger partial charge in [0.2, 0.25) is 6.41 Å². The number of nitrogens with zero attached hydrogens (tertiary/aromatic N) is 4. The van der Waals surface area contributed by atoms with E-state index in [0.29, 0.717) is 40.8 Å². The van der Waals surface area contributed by atoms with Crippen molar-refractivity contribution < 1.29 is 9.59 Å². The average molecular weight is 454 g/mol. The lowest BCUT2D eigenvalue weighted by Gasteiger charge is -2.47. The van der Waals surface area contributed by atoms with Crippen LogP contribution in [-0.2, 0) is 4.79 Å². The Hall–Kier alpha value is -1.54. The molecule has 4 rings (SSSR count). The summed E-state index contributed by atoms with van der Waals surface area (Å²) < 4.78 is 0. The fourth-order valence-electron chi connectivity index (χ4n) is 4.52. The fraction of sp³-hybridized carbons (Fsp3) is 0.619. The molecule has 1 aromatic rings. The Morgan fingerprint density at radius 1 is 1.03 bits per heavy atom. The lowest BCUT2D eigenvalue weighted by molar-refractivity contribution is -0.119. The first kappa shape index (κ1) is 21.7. The number of anilines is 1. The Morgan fingerprint density at radius 2 is 1.63 bits per heavy atom. The third-order valence-corrected chi connectivity index (χ3v) is 7.09. The van der Waals surface area contributed by atoms with Crippen molar-refractivity contribution in [1.29, 1.82) is 0 Å². The topological polar surface area (TPSA) is 59.1 Å². The summed E-state index contributed by atoms with van der Waals surface area (Å²) in [6.07, 6.45) is 3.01. The molecule has 3 fully saturated rings. The van der Waals surface area contributed by atoms with Crippen molar-refractivity contribution in [3.8, 4) is 0 Å². The van der Waals surface area contributed by atoms with Crippen LogP contribution in [0.4, 0.5) is 5.69 Å². The maximum absolute atomic E-state index is 12.9. The smallest absolute Gasteiger partial charge is 0.256 e. The summed E-state index contributed by atoms with van der Waals surface area (Å²) in [6, 6.07) is 4.50.